The maximum Gasteiger partial charge on any atom is 0.417 e. The molecule has 0 aliphatic carbocycles. The Morgan fingerprint density at radius 1 is 0.475 bits per heavy atom. The lowest BCUT2D eigenvalue weighted by molar-refractivity contribution is -0.139. The van der Waals surface area contributed by atoms with Gasteiger partial charge in [0, 0.05) is 11.6 Å². The second-order valence-electron chi connectivity index (χ2n) is 15.3. The second-order valence-corrected chi connectivity index (χ2v) is 15.3. The first-order valence-electron chi connectivity index (χ1n) is 19.9. The molecule has 7 aromatic rings. The summed E-state index contributed by atoms with van der Waals surface area (Å²) in [4.78, 5) is 0. The summed E-state index contributed by atoms with van der Waals surface area (Å²) in [5.41, 5.74) is 4.02. The van der Waals surface area contributed by atoms with Crippen molar-refractivity contribution in [2.75, 3.05) is 5.32 Å². The Hall–Kier alpha value is -6.68. The Bertz CT molecular complexity index is 2640. The molecular formula is C51H41F6NO3. The van der Waals surface area contributed by atoms with Crippen LogP contribution in [0.15, 0.2) is 152 Å². The van der Waals surface area contributed by atoms with Crippen LogP contribution in [0.2, 0.25) is 0 Å². The molecule has 61 heavy (non-hydrogen) atoms. The minimum absolute atomic E-state index is 0.199. The molecule has 0 bridgehead atoms. The molecule has 0 amide bonds. The number of rotatable bonds is 12. The number of anilines is 1. The van der Waals surface area contributed by atoms with Crippen LogP contribution in [0, 0.1) is 13.8 Å². The number of halogens is 6. The molecule has 0 spiro atoms. The minimum atomic E-state index is -4.85. The third-order valence-electron chi connectivity index (χ3n) is 10.6. The van der Waals surface area contributed by atoms with Gasteiger partial charge in [-0.3, -0.25) is 0 Å². The zero-order valence-corrected chi connectivity index (χ0v) is 33.3. The summed E-state index contributed by atoms with van der Waals surface area (Å²) in [7, 11) is 0. The third-order valence-corrected chi connectivity index (χ3v) is 10.6. The molecule has 310 valence electrons. The number of hydrogen-bond donors (Lipinski definition) is 1. The molecular weight excluding hydrogens is 789 g/mol. The molecule has 1 heterocycles. The van der Waals surface area contributed by atoms with E-state index < -0.39 is 34.6 Å². The molecule has 1 N–H and O–H groups in total. The highest BCUT2D eigenvalue weighted by atomic mass is 19.4. The summed E-state index contributed by atoms with van der Waals surface area (Å²) >= 11 is 0. The average Bonchev–Trinajstić information content (AvgIpc) is 3.66. The van der Waals surface area contributed by atoms with Gasteiger partial charge >= 0.3 is 12.4 Å². The molecule has 0 radical (unpaired) electrons. The molecule has 4 nitrogen and oxygen atoms in total. The van der Waals surface area contributed by atoms with E-state index >= 15 is 0 Å². The van der Waals surface area contributed by atoms with Crippen molar-refractivity contribution in [1.29, 1.82) is 0 Å². The standard InChI is InChI=1S/C51H41F6NO3/c1-32-6-25-43(45(28-32)50(52,53)54)44-26-18-37(30-46(44)51(55,56)57)11-10-36-16-23-40(24-17-36)60-42-5-3-4-41(31-42)59-39-21-14-35(15-22-39)9-8-34-12-19-38(20-13-34)49-58-47-29-33(2)7-27-48(47)61-49/h3-7,12-31,49,58H,8-11H2,1-2H3. The van der Waals surface area contributed by atoms with Crippen LogP contribution in [-0.2, 0) is 38.0 Å². The van der Waals surface area contributed by atoms with E-state index in [0.717, 1.165) is 59.7 Å². The third kappa shape index (κ3) is 10.0. The van der Waals surface area contributed by atoms with E-state index in [1.165, 1.54) is 35.7 Å². The van der Waals surface area contributed by atoms with Crippen molar-refractivity contribution < 1.29 is 40.6 Å². The average molecular weight is 830 g/mol. The minimum Gasteiger partial charge on any atom is -0.464 e. The summed E-state index contributed by atoms with van der Waals surface area (Å²) in [6, 6.07) is 44.0. The lowest BCUT2D eigenvalue weighted by Gasteiger charge is -2.19. The van der Waals surface area contributed by atoms with E-state index in [4.69, 9.17) is 14.2 Å². The fourth-order valence-corrected chi connectivity index (χ4v) is 7.41. The van der Waals surface area contributed by atoms with Crippen LogP contribution in [-0.4, -0.2) is 0 Å². The lowest BCUT2D eigenvalue weighted by atomic mass is 9.91. The van der Waals surface area contributed by atoms with Crippen molar-refractivity contribution in [3.8, 4) is 39.9 Å². The number of ether oxygens (including phenoxy) is 3. The van der Waals surface area contributed by atoms with E-state index in [0.29, 0.717) is 40.5 Å². The molecule has 8 rings (SSSR count). The molecule has 0 saturated carbocycles. The van der Waals surface area contributed by atoms with Crippen LogP contribution in [0.1, 0.15) is 56.3 Å². The van der Waals surface area contributed by atoms with E-state index in [9.17, 15) is 26.3 Å². The molecule has 1 aliphatic heterocycles. The monoisotopic (exact) mass is 829 g/mol. The first-order valence-corrected chi connectivity index (χ1v) is 19.9. The molecule has 0 fully saturated rings. The van der Waals surface area contributed by atoms with E-state index in [1.807, 2.05) is 54.6 Å². The molecule has 7 aromatic carbocycles. The van der Waals surface area contributed by atoms with Gasteiger partial charge in [-0.1, -0.05) is 90.5 Å². The molecule has 10 heteroatoms. The van der Waals surface area contributed by atoms with E-state index in [1.54, 1.807) is 18.2 Å². The first-order chi connectivity index (χ1) is 29.2. The van der Waals surface area contributed by atoms with Gasteiger partial charge in [0.2, 0.25) is 0 Å². The Morgan fingerprint density at radius 2 is 0.934 bits per heavy atom. The van der Waals surface area contributed by atoms with Crippen molar-refractivity contribution in [1.82, 2.24) is 0 Å². The number of aryl methyl sites for hydroxylation is 6. The first kappa shape index (κ1) is 41.1. The number of fused-ring (bicyclic) bond motifs is 1. The van der Waals surface area contributed by atoms with Crippen LogP contribution in [0.25, 0.3) is 11.1 Å². The Kier molecular flexibility index (Phi) is 11.5. The van der Waals surface area contributed by atoms with Crippen LogP contribution in [0.3, 0.4) is 0 Å². The summed E-state index contributed by atoms with van der Waals surface area (Å²) in [6.07, 6.45) is -7.43. The van der Waals surface area contributed by atoms with Crippen molar-refractivity contribution in [2.24, 2.45) is 0 Å². The van der Waals surface area contributed by atoms with Crippen LogP contribution >= 0.6 is 0 Å². The van der Waals surface area contributed by atoms with Gasteiger partial charge in [0.1, 0.15) is 28.7 Å². The predicted octanol–water partition coefficient (Wildman–Crippen LogP) is 14.7. The van der Waals surface area contributed by atoms with Crippen molar-refractivity contribution in [2.45, 2.75) is 58.1 Å². The normalized spacial score (nSPS) is 13.6. The summed E-state index contributed by atoms with van der Waals surface area (Å²) in [5, 5.41) is 3.45. The van der Waals surface area contributed by atoms with Gasteiger partial charge in [0.25, 0.3) is 0 Å². The maximum absolute atomic E-state index is 14.2. The number of benzene rings is 7. The second kappa shape index (κ2) is 17.1. The number of nitrogens with one attached hydrogen (secondary N) is 1. The van der Waals surface area contributed by atoms with Gasteiger partial charge < -0.3 is 19.5 Å². The van der Waals surface area contributed by atoms with Gasteiger partial charge in [0.15, 0.2) is 6.23 Å². The lowest BCUT2D eigenvalue weighted by Crippen LogP contribution is -2.12. The summed E-state index contributed by atoms with van der Waals surface area (Å²) in [6.45, 7) is 3.53. The van der Waals surface area contributed by atoms with Crippen molar-refractivity contribution in [3.05, 3.63) is 202 Å². The molecule has 1 unspecified atom stereocenters. The smallest absolute Gasteiger partial charge is 0.417 e. The zero-order chi connectivity index (χ0) is 42.7. The summed E-state index contributed by atoms with van der Waals surface area (Å²) < 4.78 is 102. The van der Waals surface area contributed by atoms with E-state index in [2.05, 4.69) is 54.7 Å². The maximum atomic E-state index is 14.2. The van der Waals surface area contributed by atoms with Gasteiger partial charge in [-0.05, 0) is 139 Å². The van der Waals surface area contributed by atoms with E-state index in [-0.39, 0.29) is 12.6 Å². The Morgan fingerprint density at radius 3 is 1.49 bits per heavy atom. The highest BCUT2D eigenvalue weighted by Crippen LogP contribution is 2.44. The van der Waals surface area contributed by atoms with Gasteiger partial charge in [-0.25, -0.2) is 0 Å². The van der Waals surface area contributed by atoms with Gasteiger partial charge in [0.05, 0.1) is 16.8 Å². The topological polar surface area (TPSA) is 39.7 Å². The highest BCUT2D eigenvalue weighted by molar-refractivity contribution is 5.73. The SMILES string of the molecule is Cc1ccc2c(c1)NC(c1ccc(CCc3ccc(Oc4cccc(Oc5ccc(CCc6ccc(-c7ccc(C)cc7C(F)(F)F)c(C(F)(F)F)c6)cc5)c4)cc3)cc1)O2. The molecule has 1 aliphatic rings. The molecule has 0 saturated heterocycles. The fourth-order valence-electron chi connectivity index (χ4n) is 7.41. The molecule has 0 aromatic heterocycles. The largest absolute Gasteiger partial charge is 0.464 e. The highest BCUT2D eigenvalue weighted by Gasteiger charge is 2.38. The van der Waals surface area contributed by atoms with Gasteiger partial charge in [-0.2, -0.15) is 26.3 Å². The number of alkyl halides is 6. The van der Waals surface area contributed by atoms with Crippen LogP contribution < -0.4 is 19.5 Å². The zero-order valence-electron chi connectivity index (χ0n) is 33.3. The predicted molar refractivity (Wildman–Crippen MR) is 226 cm³/mol. The van der Waals surface area contributed by atoms with Crippen molar-refractivity contribution >= 4 is 5.69 Å². The van der Waals surface area contributed by atoms with Crippen LogP contribution in [0.4, 0.5) is 32.0 Å². The quantitative estimate of drug-likeness (QED) is 0.125. The molecule has 1 atom stereocenters. The van der Waals surface area contributed by atoms with Crippen LogP contribution in [0.5, 0.6) is 28.7 Å². The van der Waals surface area contributed by atoms with Crippen molar-refractivity contribution in [3.63, 3.8) is 0 Å². The number of hydrogen-bond acceptors (Lipinski definition) is 4. The Labute approximate surface area is 350 Å². The fraction of sp³-hybridized carbons (Fsp3) is 0.176. The Balaban J connectivity index is 0.832. The summed E-state index contributed by atoms with van der Waals surface area (Å²) in [5.74, 6) is 3.27. The van der Waals surface area contributed by atoms with Gasteiger partial charge in [-0.15, -0.1) is 0 Å².